The lowest BCUT2D eigenvalue weighted by Crippen LogP contribution is -2.42. The second-order valence-corrected chi connectivity index (χ2v) is 4.35. The molecule has 0 spiro atoms. The van der Waals surface area contributed by atoms with Crippen LogP contribution in [0.3, 0.4) is 0 Å². The van der Waals surface area contributed by atoms with Gasteiger partial charge in [-0.1, -0.05) is 0 Å². The van der Waals surface area contributed by atoms with Crippen molar-refractivity contribution in [3.05, 3.63) is 0 Å². The van der Waals surface area contributed by atoms with Crippen LogP contribution in [-0.4, -0.2) is 23.6 Å². The monoisotopic (exact) mass is 196 g/mol. The summed E-state index contributed by atoms with van der Waals surface area (Å²) in [6.07, 6.45) is 0.665. The molecule has 0 saturated heterocycles. The number of hydrogen-bond acceptors (Lipinski definition) is 4. The molecule has 2 rings (SSSR count). The molecule has 0 radical (unpaired) electrons. The molecule has 0 aromatic rings. The number of fused-ring (bicyclic) bond motifs is 2. The minimum absolute atomic E-state index is 0.211. The van der Waals surface area contributed by atoms with E-state index in [9.17, 15) is 14.4 Å². The van der Waals surface area contributed by atoms with Gasteiger partial charge in [-0.2, -0.15) is 0 Å². The molecule has 0 N–H and O–H groups in total. The number of rotatable bonds is 1. The molecule has 0 heterocycles. The number of carbonyl (C=O) groups excluding carboxylic acids is 3. The predicted molar refractivity (Wildman–Crippen MR) is 46.4 cm³/mol. The highest BCUT2D eigenvalue weighted by molar-refractivity contribution is 6.42. The molecule has 14 heavy (non-hydrogen) atoms. The third-order valence-electron chi connectivity index (χ3n) is 3.30. The van der Waals surface area contributed by atoms with Crippen molar-refractivity contribution in [2.45, 2.75) is 32.8 Å². The molecule has 3 atom stereocenters. The van der Waals surface area contributed by atoms with E-state index >= 15 is 0 Å². The van der Waals surface area contributed by atoms with Crippen molar-refractivity contribution in [2.24, 2.45) is 11.3 Å². The molecule has 0 aliphatic heterocycles. The lowest BCUT2D eigenvalue weighted by molar-refractivity contribution is -0.158. The molecule has 0 unspecified atom stereocenters. The minimum atomic E-state index is -0.743. The number of hydrogen-bond donors (Lipinski definition) is 0. The van der Waals surface area contributed by atoms with E-state index in [0.29, 0.717) is 12.8 Å². The second kappa shape index (κ2) is 2.65. The van der Waals surface area contributed by atoms with Crippen LogP contribution < -0.4 is 0 Å². The van der Waals surface area contributed by atoms with E-state index in [0.717, 1.165) is 0 Å². The van der Waals surface area contributed by atoms with Gasteiger partial charge in [-0.15, -0.1) is 0 Å². The predicted octanol–water partition coefficient (Wildman–Crippen LogP) is 0.486. The first-order chi connectivity index (χ1) is 6.45. The maximum atomic E-state index is 11.5. The molecule has 2 bridgehead atoms. The summed E-state index contributed by atoms with van der Waals surface area (Å²) in [6.45, 7) is 3.04. The highest BCUT2D eigenvalue weighted by Gasteiger charge is 2.61. The SMILES string of the molecule is CC(=O)O[C@H]1C[C@H]2C[C@]1(C)C(=O)C2=O. The number of ether oxygens (including phenoxy) is 1. The Bertz CT molecular complexity index is 333. The van der Waals surface area contributed by atoms with Crippen molar-refractivity contribution in [1.82, 2.24) is 0 Å². The minimum Gasteiger partial charge on any atom is -0.461 e. The van der Waals surface area contributed by atoms with E-state index < -0.39 is 11.5 Å². The Morgan fingerprint density at radius 3 is 2.57 bits per heavy atom. The van der Waals surface area contributed by atoms with Crippen molar-refractivity contribution in [3.63, 3.8) is 0 Å². The summed E-state index contributed by atoms with van der Waals surface area (Å²) in [5.74, 6) is -1.24. The van der Waals surface area contributed by atoms with Gasteiger partial charge in [0.2, 0.25) is 11.6 Å². The molecule has 4 nitrogen and oxygen atoms in total. The van der Waals surface area contributed by atoms with Gasteiger partial charge in [-0.25, -0.2) is 0 Å². The van der Waals surface area contributed by atoms with Gasteiger partial charge >= 0.3 is 5.97 Å². The maximum Gasteiger partial charge on any atom is 0.302 e. The number of esters is 1. The molecular formula is C10H12O4. The topological polar surface area (TPSA) is 60.4 Å². The van der Waals surface area contributed by atoms with E-state index in [2.05, 4.69) is 0 Å². The molecule has 0 aromatic heterocycles. The van der Waals surface area contributed by atoms with E-state index in [1.807, 2.05) is 0 Å². The van der Waals surface area contributed by atoms with Crippen LogP contribution in [-0.2, 0) is 19.1 Å². The number of Topliss-reactive ketones (excluding diaryl/α,β-unsaturated/α-hetero) is 2. The Hall–Kier alpha value is -1.19. The first kappa shape index (κ1) is 9.37. The van der Waals surface area contributed by atoms with E-state index in [1.165, 1.54) is 6.92 Å². The van der Waals surface area contributed by atoms with Gasteiger partial charge in [-0.3, -0.25) is 14.4 Å². The van der Waals surface area contributed by atoms with Gasteiger partial charge in [0.1, 0.15) is 6.10 Å². The zero-order chi connectivity index (χ0) is 10.5. The van der Waals surface area contributed by atoms with Crippen molar-refractivity contribution < 1.29 is 19.1 Å². The molecule has 2 saturated carbocycles. The van der Waals surface area contributed by atoms with Gasteiger partial charge < -0.3 is 4.74 Å². The highest BCUT2D eigenvalue weighted by Crippen LogP contribution is 2.50. The lowest BCUT2D eigenvalue weighted by atomic mass is 9.82. The first-order valence-electron chi connectivity index (χ1n) is 4.71. The lowest BCUT2D eigenvalue weighted by Gasteiger charge is -2.28. The van der Waals surface area contributed by atoms with Crippen LogP contribution >= 0.6 is 0 Å². The van der Waals surface area contributed by atoms with Crippen LogP contribution in [0.2, 0.25) is 0 Å². The molecule has 76 valence electrons. The Morgan fingerprint density at radius 2 is 2.14 bits per heavy atom. The largest absolute Gasteiger partial charge is 0.461 e. The Kier molecular flexibility index (Phi) is 1.77. The van der Waals surface area contributed by atoms with Crippen LogP contribution in [0, 0.1) is 11.3 Å². The average molecular weight is 196 g/mol. The van der Waals surface area contributed by atoms with E-state index in [4.69, 9.17) is 4.74 Å². The number of carbonyl (C=O) groups is 3. The zero-order valence-electron chi connectivity index (χ0n) is 8.20. The van der Waals surface area contributed by atoms with Gasteiger partial charge in [0.05, 0.1) is 5.41 Å². The summed E-state index contributed by atoms with van der Waals surface area (Å²) in [5, 5.41) is 0. The summed E-state index contributed by atoms with van der Waals surface area (Å²) in [5.41, 5.74) is -0.743. The summed E-state index contributed by atoms with van der Waals surface area (Å²) < 4.78 is 5.05. The van der Waals surface area contributed by atoms with Crippen LogP contribution in [0.15, 0.2) is 0 Å². The molecule has 2 fully saturated rings. The fourth-order valence-electron chi connectivity index (χ4n) is 2.53. The fraction of sp³-hybridized carbons (Fsp3) is 0.700. The summed E-state index contributed by atoms with van der Waals surface area (Å²) in [4.78, 5) is 33.6. The Morgan fingerprint density at radius 1 is 1.50 bits per heavy atom. The molecule has 4 heteroatoms. The van der Waals surface area contributed by atoms with Gasteiger partial charge in [0.25, 0.3) is 0 Å². The van der Waals surface area contributed by atoms with Crippen LogP contribution in [0.25, 0.3) is 0 Å². The third kappa shape index (κ3) is 1.03. The van der Waals surface area contributed by atoms with Crippen molar-refractivity contribution >= 4 is 17.5 Å². The smallest absolute Gasteiger partial charge is 0.302 e. The first-order valence-corrected chi connectivity index (χ1v) is 4.71. The van der Waals surface area contributed by atoms with Crippen LogP contribution in [0.1, 0.15) is 26.7 Å². The average Bonchev–Trinajstić information content (AvgIpc) is 2.49. The fourth-order valence-corrected chi connectivity index (χ4v) is 2.53. The molecule has 0 amide bonds. The van der Waals surface area contributed by atoms with Crippen molar-refractivity contribution in [2.75, 3.05) is 0 Å². The van der Waals surface area contributed by atoms with Gasteiger partial charge in [0, 0.05) is 12.8 Å². The standard InChI is InChI=1S/C10H12O4/c1-5(11)14-7-3-6-4-10(7,2)9(13)8(6)12/h6-7H,3-4H2,1-2H3/t6-,7-,10-/m0/s1. The zero-order valence-corrected chi connectivity index (χ0v) is 8.20. The van der Waals surface area contributed by atoms with Gasteiger partial charge in [-0.05, 0) is 19.8 Å². The quantitative estimate of drug-likeness (QED) is 0.452. The molecule has 0 aromatic carbocycles. The summed E-state index contributed by atoms with van der Waals surface area (Å²) in [7, 11) is 0. The van der Waals surface area contributed by atoms with Crippen molar-refractivity contribution in [1.29, 1.82) is 0 Å². The molecule has 2 aliphatic carbocycles. The van der Waals surface area contributed by atoms with E-state index in [1.54, 1.807) is 6.92 Å². The summed E-state index contributed by atoms with van der Waals surface area (Å²) in [6, 6.07) is 0. The van der Waals surface area contributed by atoms with E-state index in [-0.39, 0.29) is 23.5 Å². The maximum absolute atomic E-state index is 11.5. The van der Waals surface area contributed by atoms with Crippen LogP contribution in [0.5, 0.6) is 0 Å². The molecule has 2 aliphatic rings. The summed E-state index contributed by atoms with van der Waals surface area (Å²) >= 11 is 0. The van der Waals surface area contributed by atoms with Crippen molar-refractivity contribution in [3.8, 4) is 0 Å². The molecular weight excluding hydrogens is 184 g/mol. The third-order valence-corrected chi connectivity index (χ3v) is 3.30. The second-order valence-electron chi connectivity index (χ2n) is 4.35. The van der Waals surface area contributed by atoms with Gasteiger partial charge in [0.15, 0.2) is 0 Å². The Labute approximate surface area is 81.6 Å². The Balaban J connectivity index is 2.24. The normalized spacial score (nSPS) is 40.4. The number of ketones is 2. The van der Waals surface area contributed by atoms with Crippen LogP contribution in [0.4, 0.5) is 0 Å². The highest BCUT2D eigenvalue weighted by atomic mass is 16.5.